The number of phenols is 1. The van der Waals surface area contributed by atoms with Gasteiger partial charge in [0.15, 0.2) is 0 Å². The van der Waals surface area contributed by atoms with Gasteiger partial charge in [-0.05, 0) is 42.5 Å². The summed E-state index contributed by atoms with van der Waals surface area (Å²) in [6, 6.07) is 10.5. The number of nitrogens with zero attached hydrogens (tertiary/aromatic N) is 1. The summed E-state index contributed by atoms with van der Waals surface area (Å²) in [6.07, 6.45) is 0. The number of aromatic hydroxyl groups is 1. The summed E-state index contributed by atoms with van der Waals surface area (Å²) in [5, 5.41) is 9.16. The van der Waals surface area contributed by atoms with Crippen LogP contribution in [0.25, 0.3) is 0 Å². The van der Waals surface area contributed by atoms with Crippen molar-refractivity contribution in [1.82, 2.24) is 0 Å². The number of hydrogen-bond donors (Lipinski definition) is 1. The second kappa shape index (κ2) is 4.89. The van der Waals surface area contributed by atoms with Crippen LogP contribution in [0.3, 0.4) is 0 Å². The largest absolute Gasteiger partial charge is 0.508 e. The molecule has 1 N–H and O–H groups in total. The Hall–Kier alpha value is -2.08. The minimum absolute atomic E-state index is 0.0210. The van der Waals surface area contributed by atoms with Crippen LogP contribution in [-0.4, -0.2) is 20.6 Å². The Labute approximate surface area is 110 Å². The van der Waals surface area contributed by atoms with E-state index in [0.29, 0.717) is 0 Å². The molecule has 0 fully saturated rings. The molecule has 0 aromatic heterocycles. The molecule has 0 bridgehead atoms. The molecule has 0 unspecified atom stereocenters. The van der Waals surface area contributed by atoms with Gasteiger partial charge in [-0.3, -0.25) is 4.31 Å². The van der Waals surface area contributed by atoms with E-state index in [0.717, 1.165) is 10.4 Å². The Morgan fingerprint density at radius 2 is 1.74 bits per heavy atom. The van der Waals surface area contributed by atoms with Gasteiger partial charge in [0.25, 0.3) is 10.0 Å². The molecule has 100 valence electrons. The van der Waals surface area contributed by atoms with Crippen molar-refractivity contribution in [2.75, 3.05) is 11.4 Å². The minimum Gasteiger partial charge on any atom is -0.508 e. The van der Waals surface area contributed by atoms with E-state index < -0.39 is 15.8 Å². The van der Waals surface area contributed by atoms with Crippen LogP contribution >= 0.6 is 0 Å². The van der Waals surface area contributed by atoms with Crippen LogP contribution in [0.5, 0.6) is 5.75 Å². The maximum Gasteiger partial charge on any atom is 0.264 e. The number of anilines is 1. The third kappa shape index (κ3) is 2.68. The molecule has 0 aliphatic rings. The summed E-state index contributed by atoms with van der Waals surface area (Å²) >= 11 is 0. The van der Waals surface area contributed by atoms with Crippen molar-refractivity contribution in [3.63, 3.8) is 0 Å². The lowest BCUT2D eigenvalue weighted by Crippen LogP contribution is -2.26. The highest BCUT2D eigenvalue weighted by Crippen LogP contribution is 2.23. The fourth-order valence-corrected chi connectivity index (χ4v) is 2.77. The van der Waals surface area contributed by atoms with Crippen molar-refractivity contribution in [2.24, 2.45) is 0 Å². The molecule has 0 radical (unpaired) electrons. The molecule has 0 aliphatic heterocycles. The van der Waals surface area contributed by atoms with E-state index in [9.17, 15) is 12.8 Å². The lowest BCUT2D eigenvalue weighted by atomic mass is 10.3. The number of hydrogen-bond acceptors (Lipinski definition) is 3. The van der Waals surface area contributed by atoms with E-state index in [-0.39, 0.29) is 16.3 Å². The summed E-state index contributed by atoms with van der Waals surface area (Å²) in [5.41, 5.74) is 0.230. The standard InChI is InChI=1S/C13H12FNO3S/c1-15(11-4-2-3-10(14)9-11)19(17,18)13-7-5-12(16)6-8-13/h2-9,16H,1H3. The summed E-state index contributed by atoms with van der Waals surface area (Å²) in [7, 11) is -2.43. The topological polar surface area (TPSA) is 57.6 Å². The lowest BCUT2D eigenvalue weighted by Gasteiger charge is -2.19. The van der Waals surface area contributed by atoms with E-state index in [2.05, 4.69) is 0 Å². The van der Waals surface area contributed by atoms with Crippen LogP contribution in [-0.2, 0) is 10.0 Å². The second-order valence-electron chi connectivity index (χ2n) is 3.95. The monoisotopic (exact) mass is 281 g/mol. The zero-order valence-corrected chi connectivity index (χ0v) is 10.9. The van der Waals surface area contributed by atoms with Crippen LogP contribution < -0.4 is 4.31 Å². The van der Waals surface area contributed by atoms with E-state index in [1.54, 1.807) is 0 Å². The zero-order valence-electron chi connectivity index (χ0n) is 10.1. The van der Waals surface area contributed by atoms with E-state index in [4.69, 9.17) is 5.11 Å². The number of rotatable bonds is 3. The number of phenolic OH excluding ortho intramolecular Hbond substituents is 1. The van der Waals surface area contributed by atoms with Crippen LogP contribution in [0.4, 0.5) is 10.1 Å². The molecule has 4 nitrogen and oxygen atoms in total. The first-order chi connectivity index (χ1) is 8.91. The molecule has 0 saturated carbocycles. The highest BCUT2D eigenvalue weighted by Gasteiger charge is 2.21. The smallest absolute Gasteiger partial charge is 0.264 e. The van der Waals surface area contributed by atoms with Crippen molar-refractivity contribution in [2.45, 2.75) is 4.90 Å². The van der Waals surface area contributed by atoms with Crippen LogP contribution in [0.15, 0.2) is 53.4 Å². The highest BCUT2D eigenvalue weighted by molar-refractivity contribution is 7.92. The Morgan fingerprint density at radius 1 is 1.11 bits per heavy atom. The van der Waals surface area contributed by atoms with Crippen molar-refractivity contribution >= 4 is 15.7 Å². The van der Waals surface area contributed by atoms with Crippen LogP contribution in [0.1, 0.15) is 0 Å². The average molecular weight is 281 g/mol. The number of benzene rings is 2. The summed E-state index contributed by atoms with van der Waals surface area (Å²) in [6.45, 7) is 0. The molecule has 0 saturated heterocycles. The van der Waals surface area contributed by atoms with Gasteiger partial charge in [0.2, 0.25) is 0 Å². The van der Waals surface area contributed by atoms with Gasteiger partial charge in [-0.2, -0.15) is 0 Å². The molecule has 2 aromatic carbocycles. The Balaban J connectivity index is 2.42. The molecule has 0 amide bonds. The maximum atomic E-state index is 13.1. The van der Waals surface area contributed by atoms with Crippen molar-refractivity contribution in [1.29, 1.82) is 0 Å². The first-order valence-electron chi connectivity index (χ1n) is 5.45. The van der Waals surface area contributed by atoms with E-state index in [1.165, 1.54) is 49.5 Å². The van der Waals surface area contributed by atoms with E-state index in [1.807, 2.05) is 0 Å². The fraction of sp³-hybridized carbons (Fsp3) is 0.0769. The molecule has 19 heavy (non-hydrogen) atoms. The SMILES string of the molecule is CN(c1cccc(F)c1)S(=O)(=O)c1ccc(O)cc1. The minimum atomic E-state index is -3.77. The summed E-state index contributed by atoms with van der Waals surface area (Å²) < 4.78 is 38.7. The van der Waals surface area contributed by atoms with E-state index >= 15 is 0 Å². The van der Waals surface area contributed by atoms with Gasteiger partial charge in [-0.1, -0.05) is 6.07 Å². The van der Waals surface area contributed by atoms with Crippen molar-refractivity contribution in [3.8, 4) is 5.75 Å². The van der Waals surface area contributed by atoms with Gasteiger partial charge in [0, 0.05) is 7.05 Å². The highest BCUT2D eigenvalue weighted by atomic mass is 32.2. The predicted molar refractivity (Wildman–Crippen MR) is 70.1 cm³/mol. The van der Waals surface area contributed by atoms with Crippen LogP contribution in [0.2, 0.25) is 0 Å². The molecule has 0 aliphatic carbocycles. The fourth-order valence-electron chi connectivity index (χ4n) is 1.59. The molecular weight excluding hydrogens is 269 g/mol. The van der Waals surface area contributed by atoms with Gasteiger partial charge in [-0.25, -0.2) is 12.8 Å². The van der Waals surface area contributed by atoms with Gasteiger partial charge in [0.05, 0.1) is 10.6 Å². The molecule has 2 aromatic rings. The van der Waals surface area contributed by atoms with Crippen LogP contribution in [0, 0.1) is 5.82 Å². The van der Waals surface area contributed by atoms with Gasteiger partial charge in [0.1, 0.15) is 11.6 Å². The van der Waals surface area contributed by atoms with Gasteiger partial charge in [-0.15, -0.1) is 0 Å². The molecule has 6 heteroatoms. The average Bonchev–Trinajstić information content (AvgIpc) is 2.38. The first-order valence-corrected chi connectivity index (χ1v) is 6.89. The third-order valence-electron chi connectivity index (χ3n) is 2.67. The predicted octanol–water partition coefficient (Wildman–Crippen LogP) is 2.36. The number of halogens is 1. The molecule has 0 atom stereocenters. The molecule has 0 spiro atoms. The lowest BCUT2D eigenvalue weighted by molar-refractivity contribution is 0.475. The number of sulfonamides is 1. The van der Waals surface area contributed by atoms with Crippen molar-refractivity contribution < 1.29 is 17.9 Å². The maximum absolute atomic E-state index is 13.1. The normalized spacial score (nSPS) is 11.3. The second-order valence-corrected chi connectivity index (χ2v) is 5.92. The van der Waals surface area contributed by atoms with Gasteiger partial charge >= 0.3 is 0 Å². The summed E-state index contributed by atoms with van der Waals surface area (Å²) in [4.78, 5) is 0.0251. The molecular formula is C13H12FNO3S. The molecule has 2 rings (SSSR count). The summed E-state index contributed by atoms with van der Waals surface area (Å²) in [5.74, 6) is -0.530. The third-order valence-corrected chi connectivity index (χ3v) is 4.47. The Morgan fingerprint density at radius 3 is 2.32 bits per heavy atom. The Bertz CT molecular complexity index is 683. The Kier molecular flexibility index (Phi) is 3.44. The molecule has 0 heterocycles. The zero-order chi connectivity index (χ0) is 14.0. The van der Waals surface area contributed by atoms with Gasteiger partial charge < -0.3 is 5.11 Å². The first kappa shape index (κ1) is 13.4. The van der Waals surface area contributed by atoms with Crippen molar-refractivity contribution in [3.05, 3.63) is 54.3 Å². The quantitative estimate of drug-likeness (QED) is 0.939.